The Bertz CT molecular complexity index is 333. The molecule has 1 aromatic carbocycles. The summed E-state index contributed by atoms with van der Waals surface area (Å²) in [6, 6.07) is 2.87. The van der Waals surface area contributed by atoms with Crippen molar-refractivity contribution >= 4 is 27.5 Å². The third-order valence-electron chi connectivity index (χ3n) is 1.93. The van der Waals surface area contributed by atoms with Crippen LogP contribution < -0.4 is 5.73 Å². The molecule has 0 fully saturated rings. The van der Waals surface area contributed by atoms with E-state index in [1.54, 1.807) is 12.1 Å². The molecule has 0 saturated carbocycles. The number of benzene rings is 1. The van der Waals surface area contributed by atoms with Crippen LogP contribution in [0.1, 0.15) is 18.0 Å². The highest BCUT2D eigenvalue weighted by molar-refractivity contribution is 9.10. The first-order valence-corrected chi connectivity index (χ1v) is 5.28. The van der Waals surface area contributed by atoms with Gasteiger partial charge in [-0.2, -0.15) is 0 Å². The van der Waals surface area contributed by atoms with Crippen molar-refractivity contribution in [1.29, 1.82) is 0 Å². The van der Waals surface area contributed by atoms with Gasteiger partial charge < -0.3 is 15.9 Å². The van der Waals surface area contributed by atoms with Crippen LogP contribution in [0.4, 0.5) is 0 Å². The van der Waals surface area contributed by atoms with E-state index in [0.29, 0.717) is 16.5 Å². The molecule has 0 heterocycles. The van der Waals surface area contributed by atoms with Gasteiger partial charge >= 0.3 is 0 Å². The number of aromatic hydroxyl groups is 1. The van der Waals surface area contributed by atoms with Gasteiger partial charge in [0.15, 0.2) is 0 Å². The van der Waals surface area contributed by atoms with E-state index < -0.39 is 6.04 Å². The van der Waals surface area contributed by atoms with Crippen LogP contribution in [0.2, 0.25) is 5.02 Å². The standard InChI is InChI=1S/C9H11BrClNO2/c10-5-1-2-6(11)9(14)8(5)7(12)3-4-13/h1-2,7,13-14H,3-4,12H2/t7-/m1/s1. The first-order chi connectivity index (χ1) is 6.57. The van der Waals surface area contributed by atoms with Gasteiger partial charge in [0.2, 0.25) is 0 Å². The number of aliphatic hydroxyl groups is 1. The molecular weight excluding hydrogens is 269 g/mol. The van der Waals surface area contributed by atoms with Crippen molar-refractivity contribution in [1.82, 2.24) is 0 Å². The lowest BCUT2D eigenvalue weighted by Crippen LogP contribution is -2.12. The Morgan fingerprint density at radius 3 is 2.71 bits per heavy atom. The van der Waals surface area contributed by atoms with Crippen molar-refractivity contribution in [3.05, 3.63) is 27.2 Å². The number of halogens is 2. The van der Waals surface area contributed by atoms with Gasteiger partial charge in [-0.25, -0.2) is 0 Å². The van der Waals surface area contributed by atoms with E-state index in [-0.39, 0.29) is 17.4 Å². The highest BCUT2D eigenvalue weighted by Crippen LogP contribution is 2.37. The molecule has 0 aliphatic carbocycles. The summed E-state index contributed by atoms with van der Waals surface area (Å²) < 4.78 is 0.695. The number of aliphatic hydroxyl groups excluding tert-OH is 1. The van der Waals surface area contributed by atoms with E-state index in [1.807, 2.05) is 0 Å². The summed E-state index contributed by atoms with van der Waals surface area (Å²) in [5.74, 6) is -0.0259. The Labute approximate surface area is 95.6 Å². The SMILES string of the molecule is N[C@H](CCO)c1c(Br)ccc(Cl)c1O. The lowest BCUT2D eigenvalue weighted by atomic mass is 10.0. The highest BCUT2D eigenvalue weighted by Gasteiger charge is 2.16. The minimum Gasteiger partial charge on any atom is -0.506 e. The van der Waals surface area contributed by atoms with Crippen LogP contribution >= 0.6 is 27.5 Å². The normalized spacial score (nSPS) is 12.9. The molecule has 0 radical (unpaired) electrons. The van der Waals surface area contributed by atoms with Crippen LogP contribution in [-0.2, 0) is 0 Å². The molecule has 1 atom stereocenters. The molecule has 0 aromatic heterocycles. The van der Waals surface area contributed by atoms with Crippen molar-refractivity contribution in [3.63, 3.8) is 0 Å². The summed E-state index contributed by atoms with van der Waals surface area (Å²) in [5.41, 5.74) is 6.30. The molecule has 78 valence electrons. The second-order valence-corrected chi connectivity index (χ2v) is 4.17. The summed E-state index contributed by atoms with van der Waals surface area (Å²) in [7, 11) is 0. The smallest absolute Gasteiger partial charge is 0.140 e. The molecule has 0 unspecified atom stereocenters. The van der Waals surface area contributed by atoms with Crippen molar-refractivity contribution in [3.8, 4) is 5.75 Å². The van der Waals surface area contributed by atoms with E-state index in [1.165, 1.54) is 0 Å². The fourth-order valence-corrected chi connectivity index (χ4v) is 1.97. The number of nitrogens with two attached hydrogens (primary N) is 1. The molecule has 1 aromatic rings. The molecule has 14 heavy (non-hydrogen) atoms. The van der Waals surface area contributed by atoms with Crippen LogP contribution in [0, 0.1) is 0 Å². The molecule has 3 nitrogen and oxygen atoms in total. The quantitative estimate of drug-likeness (QED) is 0.795. The monoisotopic (exact) mass is 279 g/mol. The van der Waals surface area contributed by atoms with Crippen LogP contribution in [0.5, 0.6) is 5.75 Å². The van der Waals surface area contributed by atoms with Gasteiger partial charge in [-0.1, -0.05) is 27.5 Å². The summed E-state index contributed by atoms with van der Waals surface area (Å²) in [4.78, 5) is 0. The zero-order valence-corrected chi connectivity index (χ0v) is 9.72. The van der Waals surface area contributed by atoms with Crippen LogP contribution in [0.25, 0.3) is 0 Å². The maximum atomic E-state index is 9.65. The Kier molecular flexibility index (Phi) is 4.19. The highest BCUT2D eigenvalue weighted by atomic mass is 79.9. The third-order valence-corrected chi connectivity index (χ3v) is 2.92. The fraction of sp³-hybridized carbons (Fsp3) is 0.333. The zero-order valence-electron chi connectivity index (χ0n) is 7.37. The molecule has 0 saturated heterocycles. The third kappa shape index (κ3) is 2.39. The summed E-state index contributed by atoms with van der Waals surface area (Å²) in [6.45, 7) is -0.0282. The molecule has 4 N–H and O–H groups in total. The summed E-state index contributed by atoms with van der Waals surface area (Å²) in [5, 5.41) is 18.7. The molecule has 5 heteroatoms. The zero-order chi connectivity index (χ0) is 10.7. The summed E-state index contributed by atoms with van der Waals surface area (Å²) in [6.07, 6.45) is 0.381. The van der Waals surface area contributed by atoms with Gasteiger partial charge in [-0.3, -0.25) is 0 Å². The maximum absolute atomic E-state index is 9.65. The first-order valence-electron chi connectivity index (χ1n) is 4.11. The van der Waals surface area contributed by atoms with Crippen LogP contribution in [-0.4, -0.2) is 16.8 Å². The molecule has 0 aliphatic heterocycles. The molecule has 0 spiro atoms. The van der Waals surface area contributed by atoms with Gasteiger partial charge in [0.05, 0.1) is 5.02 Å². The predicted molar refractivity (Wildman–Crippen MR) is 59.4 cm³/mol. The summed E-state index contributed by atoms with van der Waals surface area (Å²) >= 11 is 9.01. The molecule has 0 aliphatic rings. The van der Waals surface area contributed by atoms with Crippen molar-refractivity contribution in [2.75, 3.05) is 6.61 Å². The topological polar surface area (TPSA) is 66.5 Å². The number of phenolic OH excluding ortho intramolecular Hbond substituents is 1. The minimum absolute atomic E-state index is 0.0259. The van der Waals surface area contributed by atoms with Crippen molar-refractivity contribution in [2.24, 2.45) is 5.73 Å². The molecule has 0 amide bonds. The molecule has 1 rings (SSSR count). The molecular formula is C9H11BrClNO2. The van der Waals surface area contributed by atoms with E-state index in [9.17, 15) is 5.11 Å². The Morgan fingerprint density at radius 2 is 2.14 bits per heavy atom. The lowest BCUT2D eigenvalue weighted by molar-refractivity contribution is 0.275. The largest absolute Gasteiger partial charge is 0.506 e. The molecule has 0 bridgehead atoms. The van der Waals surface area contributed by atoms with E-state index in [4.69, 9.17) is 22.4 Å². The Balaban J connectivity index is 3.11. The van der Waals surface area contributed by atoms with Gasteiger partial charge in [0.1, 0.15) is 5.75 Å². The van der Waals surface area contributed by atoms with Crippen LogP contribution in [0.15, 0.2) is 16.6 Å². The average Bonchev–Trinajstić information content (AvgIpc) is 2.13. The number of hydrogen-bond donors (Lipinski definition) is 3. The second-order valence-electron chi connectivity index (χ2n) is 2.91. The first kappa shape index (κ1) is 11.8. The Hall–Kier alpha value is -0.290. The maximum Gasteiger partial charge on any atom is 0.140 e. The predicted octanol–water partition coefficient (Wildman–Crippen LogP) is 2.19. The van der Waals surface area contributed by atoms with E-state index >= 15 is 0 Å². The number of hydrogen-bond acceptors (Lipinski definition) is 3. The average molecular weight is 281 g/mol. The van der Waals surface area contributed by atoms with Gasteiger partial charge in [0.25, 0.3) is 0 Å². The van der Waals surface area contributed by atoms with Crippen molar-refractivity contribution in [2.45, 2.75) is 12.5 Å². The van der Waals surface area contributed by atoms with Gasteiger partial charge in [0, 0.05) is 22.7 Å². The van der Waals surface area contributed by atoms with E-state index in [0.717, 1.165) is 0 Å². The van der Waals surface area contributed by atoms with Gasteiger partial charge in [-0.15, -0.1) is 0 Å². The fourth-order valence-electron chi connectivity index (χ4n) is 1.19. The van der Waals surface area contributed by atoms with E-state index in [2.05, 4.69) is 15.9 Å². The number of phenols is 1. The number of rotatable bonds is 3. The Morgan fingerprint density at radius 1 is 1.50 bits per heavy atom. The second kappa shape index (κ2) is 4.98. The lowest BCUT2D eigenvalue weighted by Gasteiger charge is -2.15. The van der Waals surface area contributed by atoms with Crippen molar-refractivity contribution < 1.29 is 10.2 Å². The minimum atomic E-state index is -0.423. The van der Waals surface area contributed by atoms with Gasteiger partial charge in [-0.05, 0) is 18.6 Å². The van der Waals surface area contributed by atoms with Crippen LogP contribution in [0.3, 0.4) is 0 Å².